The molecule has 2 amide bonds. The number of hydrogen-bond acceptors (Lipinski definition) is 15. The Balaban J connectivity index is 1.17. The third-order valence-corrected chi connectivity index (χ3v) is 15.0. The average molecular weight is 969 g/mol. The maximum Gasteiger partial charge on any atom is 0.430 e. The lowest BCUT2D eigenvalue weighted by Gasteiger charge is -2.59. The molecule has 6 aromatic heterocycles. The molecule has 2 saturated carbocycles. The Morgan fingerprint density at radius 2 is 1.42 bits per heavy atom. The van der Waals surface area contributed by atoms with Crippen LogP contribution in [-0.2, 0) is 38.2 Å². The Bertz CT molecular complexity index is 2800. The number of aromatic nitrogens is 8. The highest BCUT2D eigenvalue weighted by Crippen LogP contribution is 2.63. The lowest BCUT2D eigenvalue weighted by molar-refractivity contribution is -0.175. The molecule has 0 bridgehead atoms. The fourth-order valence-corrected chi connectivity index (χ4v) is 11.0. The first-order valence-corrected chi connectivity index (χ1v) is 23.9. The zero-order valence-electron chi connectivity index (χ0n) is 37.7. The van der Waals surface area contributed by atoms with E-state index in [1.165, 1.54) is 59.3 Å². The summed E-state index contributed by atoms with van der Waals surface area (Å²) >= 11 is 8.74. The van der Waals surface area contributed by atoms with E-state index in [1.807, 2.05) is 20.8 Å². The zero-order chi connectivity index (χ0) is 47.8. The maximum absolute atomic E-state index is 16.2. The first-order chi connectivity index (χ1) is 32.0. The van der Waals surface area contributed by atoms with Crippen molar-refractivity contribution in [2.24, 2.45) is 5.41 Å². The van der Waals surface area contributed by atoms with Gasteiger partial charge >= 0.3 is 12.2 Å². The van der Waals surface area contributed by atoms with E-state index >= 15 is 13.6 Å². The number of nitrogens with zero attached hydrogens (tertiary/aromatic N) is 10. The van der Waals surface area contributed by atoms with E-state index in [-0.39, 0.29) is 35.1 Å². The lowest BCUT2D eigenvalue weighted by atomic mass is 9.49. The van der Waals surface area contributed by atoms with Gasteiger partial charge in [-0.25, -0.2) is 38.8 Å². The predicted molar refractivity (Wildman–Crippen MR) is 246 cm³/mol. The van der Waals surface area contributed by atoms with Crippen molar-refractivity contribution < 1.29 is 27.8 Å². The summed E-state index contributed by atoms with van der Waals surface area (Å²) < 4.78 is 45.1. The van der Waals surface area contributed by atoms with Crippen molar-refractivity contribution >= 4 is 46.5 Å². The van der Waals surface area contributed by atoms with Crippen LogP contribution in [0.5, 0.6) is 0 Å². The number of halogens is 3. The smallest absolute Gasteiger partial charge is 0.430 e. The van der Waals surface area contributed by atoms with E-state index in [1.54, 1.807) is 57.4 Å². The van der Waals surface area contributed by atoms with E-state index < -0.39 is 57.3 Å². The van der Waals surface area contributed by atoms with Crippen molar-refractivity contribution in [1.82, 2.24) is 50.8 Å². The number of thiazole rings is 2. The van der Waals surface area contributed by atoms with Gasteiger partial charge in [0.1, 0.15) is 44.4 Å². The number of rotatable bonds is 12. The van der Waals surface area contributed by atoms with Gasteiger partial charge in [-0.2, -0.15) is 15.5 Å². The molecule has 20 heteroatoms. The van der Waals surface area contributed by atoms with E-state index in [4.69, 9.17) is 31.4 Å². The molecule has 2 atom stereocenters. The molecule has 6 aromatic rings. The number of carbonyl (C=O) groups is 2. The summed E-state index contributed by atoms with van der Waals surface area (Å²) in [6, 6.07) is 14.5. The van der Waals surface area contributed by atoms with Crippen LogP contribution in [0.4, 0.5) is 18.4 Å². The van der Waals surface area contributed by atoms with Crippen LogP contribution in [0.3, 0.4) is 0 Å². The van der Waals surface area contributed by atoms with Crippen LogP contribution in [0.15, 0.2) is 73.3 Å². The Hall–Kier alpha value is -6.10. The number of carbonyl (C=O) groups excluding carboxylic acids is 2. The largest absolute Gasteiger partial charge is 0.437 e. The second-order valence-electron chi connectivity index (χ2n) is 18.7. The van der Waals surface area contributed by atoms with Crippen molar-refractivity contribution in [3.8, 4) is 27.5 Å². The summed E-state index contributed by atoms with van der Waals surface area (Å²) in [7, 11) is 0. The van der Waals surface area contributed by atoms with Crippen LogP contribution in [-0.4, -0.2) is 63.1 Å². The number of alkyl halides is 1. The molecule has 0 radical (unpaired) electrons. The number of nitrogens with one attached hydrogen (secondary N) is 1. The summed E-state index contributed by atoms with van der Waals surface area (Å²) in [6.07, 6.45) is 6.03. The number of pyridine rings is 2. The number of nitriles is 1. The normalized spacial score (nSPS) is 16.6. The van der Waals surface area contributed by atoms with Gasteiger partial charge in [0.05, 0.1) is 46.1 Å². The maximum atomic E-state index is 16.2. The summed E-state index contributed by atoms with van der Waals surface area (Å²) in [5.41, 5.74) is -2.14. The Kier molecular flexibility index (Phi) is 13.1. The third kappa shape index (κ3) is 8.70. The molecule has 1 N–H and O–H groups in total. The van der Waals surface area contributed by atoms with Gasteiger partial charge in [0.15, 0.2) is 11.7 Å². The van der Waals surface area contributed by atoms with Gasteiger partial charge in [-0.1, -0.05) is 33.6 Å². The number of hydrogen-bond donors (Lipinski definition) is 1. The average Bonchev–Trinajstić information content (AvgIpc) is 3.95. The van der Waals surface area contributed by atoms with Gasteiger partial charge in [0.25, 0.3) is 0 Å². The number of amides is 2. The molecule has 2 aliphatic carbocycles. The second-order valence-corrected chi connectivity index (χ2v) is 21.2. The minimum atomic E-state index is -1.76. The number of hydrazine groups is 1. The van der Waals surface area contributed by atoms with E-state index in [9.17, 15) is 4.79 Å². The van der Waals surface area contributed by atoms with Crippen molar-refractivity contribution in [1.29, 1.82) is 5.26 Å². The Morgan fingerprint density at radius 3 is 1.90 bits per heavy atom. The molecule has 67 heavy (non-hydrogen) atoms. The van der Waals surface area contributed by atoms with Gasteiger partial charge in [-0.3, -0.25) is 9.97 Å². The molecule has 0 spiro atoms. The molecule has 348 valence electrons. The van der Waals surface area contributed by atoms with Crippen molar-refractivity contribution in [3.05, 3.63) is 117 Å². The van der Waals surface area contributed by atoms with Crippen LogP contribution < -0.4 is 5.43 Å². The summed E-state index contributed by atoms with van der Waals surface area (Å²) in [5.74, 6) is -0.875. The van der Waals surface area contributed by atoms with Crippen LogP contribution >= 0.6 is 34.3 Å². The highest BCUT2D eigenvalue weighted by Gasteiger charge is 2.68. The lowest BCUT2D eigenvalue weighted by Crippen LogP contribution is -2.66. The zero-order valence-corrected chi connectivity index (χ0v) is 40.1. The molecular formula is C47H48ClF2N11O4S2. The van der Waals surface area contributed by atoms with Gasteiger partial charge in [0, 0.05) is 40.0 Å². The molecule has 8 rings (SSSR count). The van der Waals surface area contributed by atoms with E-state index in [0.717, 1.165) is 14.8 Å². The highest BCUT2D eigenvalue weighted by atomic mass is 35.5. The molecular weight excluding hydrogens is 920 g/mol. The second kappa shape index (κ2) is 18.5. The molecule has 2 aliphatic rings. The molecule has 0 aliphatic heterocycles. The van der Waals surface area contributed by atoms with E-state index in [0.29, 0.717) is 59.9 Å². The van der Waals surface area contributed by atoms with Crippen molar-refractivity contribution in [2.75, 3.05) is 0 Å². The Labute approximate surface area is 399 Å². The molecule has 0 aromatic carbocycles. The topological polar surface area (TPSA) is 195 Å². The fraction of sp³-hybridized carbons (Fsp3) is 0.426. The van der Waals surface area contributed by atoms with Crippen LogP contribution in [0.2, 0.25) is 0 Å². The molecule has 2 unspecified atom stereocenters. The first-order valence-electron chi connectivity index (χ1n) is 21.7. The standard InChI is InChI=1S/C47H48ClF2N11O4S2/c1-43(2,3)47(46(20-10-21-46)37-31(50)12-8-24-53-37,35-16-15-34(58-59-35)40-55-27-29(25-48)67-40)65-42(63)61(44(4,5)6)60-41(62)64-38(45(18-9-19-45)36-30(49)11-7-23-52-36)32-13-14-33(57-56-32)39-54-26-28(66-39)17-22-51/h7-8,11-16,23-24,26-27,38H,9-10,17-21,25H2,1-6H3,(H,60,62). The van der Waals surface area contributed by atoms with Crippen LogP contribution in [0.25, 0.3) is 21.4 Å². The molecule has 15 nitrogen and oxygen atoms in total. The van der Waals surface area contributed by atoms with Gasteiger partial charge in [0.2, 0.25) is 0 Å². The minimum Gasteiger partial charge on any atom is -0.437 e. The summed E-state index contributed by atoms with van der Waals surface area (Å²) in [4.78, 5) is 49.2. The van der Waals surface area contributed by atoms with Gasteiger partial charge in [-0.15, -0.1) is 44.5 Å². The van der Waals surface area contributed by atoms with Crippen molar-refractivity contribution in [2.45, 2.75) is 120 Å². The van der Waals surface area contributed by atoms with Gasteiger partial charge < -0.3 is 9.47 Å². The quantitative estimate of drug-likeness (QED) is 0.0900. The number of ether oxygens (including phenoxy) is 2. The summed E-state index contributed by atoms with van der Waals surface area (Å²) in [6.45, 7) is 10.7. The minimum absolute atomic E-state index is 0.0991. The Morgan fingerprint density at radius 1 is 0.821 bits per heavy atom. The highest BCUT2D eigenvalue weighted by molar-refractivity contribution is 7.15. The first kappa shape index (κ1) is 47.4. The molecule has 2 fully saturated rings. The van der Waals surface area contributed by atoms with Crippen LogP contribution in [0.1, 0.15) is 119 Å². The van der Waals surface area contributed by atoms with Crippen LogP contribution in [0, 0.1) is 28.4 Å². The van der Waals surface area contributed by atoms with E-state index in [2.05, 4.69) is 46.7 Å². The predicted octanol–water partition coefficient (Wildman–Crippen LogP) is 10.5. The van der Waals surface area contributed by atoms with Crippen molar-refractivity contribution in [3.63, 3.8) is 0 Å². The monoisotopic (exact) mass is 967 g/mol. The third-order valence-electron chi connectivity index (χ3n) is 12.6. The fourth-order valence-electron chi connectivity index (χ4n) is 9.26. The molecule has 0 saturated heterocycles. The van der Waals surface area contributed by atoms with Gasteiger partial charge in [-0.05, 0) is 95.0 Å². The SMILES string of the molecule is CC(C)(C)N(NC(=O)OC(c1ccc(-c2ncc(CC#N)s2)nn1)C1(c2ncccc2F)CCC1)C(=O)OC(c1ccc(-c2ncc(CCl)s2)nn1)(C(C)(C)C)C1(c2ncccc2F)CCC1. The summed E-state index contributed by atoms with van der Waals surface area (Å²) in [5, 5.41) is 29.5. The molecule has 6 heterocycles.